The topological polar surface area (TPSA) is 73.9 Å². The number of benzene rings is 1. The minimum Gasteiger partial charge on any atom is -0.444 e. The van der Waals surface area contributed by atoms with Gasteiger partial charge in [-0.05, 0) is 59.5 Å². The van der Waals surface area contributed by atoms with Crippen LogP contribution >= 0.6 is 0 Å². The lowest BCUT2D eigenvalue weighted by Crippen LogP contribution is -2.41. The van der Waals surface area contributed by atoms with E-state index in [-0.39, 0.29) is 12.3 Å². The van der Waals surface area contributed by atoms with Crippen molar-refractivity contribution in [3.8, 4) is 0 Å². The van der Waals surface area contributed by atoms with Gasteiger partial charge in [-0.2, -0.15) is 0 Å². The summed E-state index contributed by atoms with van der Waals surface area (Å²) < 4.78 is 17.7. The van der Waals surface area contributed by atoms with Crippen molar-refractivity contribution in [1.82, 2.24) is 5.32 Å². The number of hydrogen-bond donors (Lipinski definition) is 1. The lowest BCUT2D eigenvalue weighted by Gasteiger charge is -2.32. The van der Waals surface area contributed by atoms with Gasteiger partial charge in [0.15, 0.2) is 5.78 Å². The fourth-order valence-corrected chi connectivity index (χ4v) is 2.87. The SMILES string of the molecule is CCC(=O)c1ccc(C=C(CNC(=O)OC(C)(C)C)B2OC(C)(C)C(C)(C)O2)cc1. The Labute approximate surface area is 180 Å². The Bertz CT molecular complexity index is 790. The molecule has 0 unspecified atom stereocenters. The summed E-state index contributed by atoms with van der Waals surface area (Å²) in [6.07, 6.45) is 1.88. The monoisotopic (exact) mass is 415 g/mol. The zero-order valence-electron chi connectivity index (χ0n) is 19.4. The van der Waals surface area contributed by atoms with Gasteiger partial charge in [-0.1, -0.05) is 37.3 Å². The highest BCUT2D eigenvalue weighted by Crippen LogP contribution is 2.38. The Morgan fingerprint density at radius 3 is 2.07 bits per heavy atom. The molecule has 1 amide bonds. The van der Waals surface area contributed by atoms with Crippen LogP contribution in [0.5, 0.6) is 0 Å². The summed E-state index contributed by atoms with van der Waals surface area (Å²) in [5.41, 5.74) is 0.742. The molecule has 0 aromatic heterocycles. The molecule has 0 bridgehead atoms. The molecule has 0 atom stereocenters. The van der Waals surface area contributed by atoms with Gasteiger partial charge >= 0.3 is 13.2 Å². The summed E-state index contributed by atoms with van der Waals surface area (Å²) in [4.78, 5) is 24.0. The molecule has 1 saturated heterocycles. The predicted molar refractivity (Wildman–Crippen MR) is 119 cm³/mol. The van der Waals surface area contributed by atoms with Gasteiger partial charge in [0, 0.05) is 18.5 Å². The molecule has 1 N–H and O–H groups in total. The molecule has 0 aliphatic carbocycles. The molecule has 30 heavy (non-hydrogen) atoms. The van der Waals surface area contributed by atoms with Crippen LogP contribution in [0.4, 0.5) is 4.79 Å². The van der Waals surface area contributed by atoms with E-state index in [0.29, 0.717) is 12.0 Å². The summed E-state index contributed by atoms with van der Waals surface area (Å²) in [6, 6.07) is 7.37. The summed E-state index contributed by atoms with van der Waals surface area (Å²) in [7, 11) is -0.609. The van der Waals surface area contributed by atoms with Crippen molar-refractivity contribution in [3.63, 3.8) is 0 Å². The molecule has 0 saturated carbocycles. The van der Waals surface area contributed by atoms with Crippen molar-refractivity contribution in [2.24, 2.45) is 0 Å². The largest absolute Gasteiger partial charge is 0.492 e. The highest BCUT2D eigenvalue weighted by Gasteiger charge is 2.52. The first-order valence-corrected chi connectivity index (χ1v) is 10.4. The number of hydrogen-bond acceptors (Lipinski definition) is 5. The van der Waals surface area contributed by atoms with E-state index in [4.69, 9.17) is 14.0 Å². The van der Waals surface area contributed by atoms with E-state index in [0.717, 1.165) is 11.0 Å². The fraction of sp³-hybridized carbons (Fsp3) is 0.565. The third-order valence-electron chi connectivity index (χ3n) is 5.30. The summed E-state index contributed by atoms with van der Waals surface area (Å²) >= 11 is 0. The summed E-state index contributed by atoms with van der Waals surface area (Å²) in [5.74, 6) is 0.100. The highest BCUT2D eigenvalue weighted by atomic mass is 16.7. The van der Waals surface area contributed by atoms with E-state index in [2.05, 4.69) is 5.32 Å². The molecule has 1 aliphatic rings. The van der Waals surface area contributed by atoms with Crippen LogP contribution in [0.2, 0.25) is 0 Å². The van der Waals surface area contributed by atoms with Gasteiger partial charge in [0.1, 0.15) is 5.60 Å². The molecule has 6 nitrogen and oxygen atoms in total. The molecular weight excluding hydrogens is 381 g/mol. The van der Waals surface area contributed by atoms with Gasteiger partial charge in [0.25, 0.3) is 0 Å². The molecule has 164 valence electrons. The van der Waals surface area contributed by atoms with Crippen LogP contribution in [0.1, 0.15) is 77.7 Å². The van der Waals surface area contributed by atoms with Crippen molar-refractivity contribution in [3.05, 3.63) is 40.9 Å². The normalized spacial score (nSPS) is 18.3. The first-order chi connectivity index (χ1) is 13.7. The van der Waals surface area contributed by atoms with E-state index in [9.17, 15) is 9.59 Å². The Morgan fingerprint density at radius 2 is 1.60 bits per heavy atom. The van der Waals surface area contributed by atoms with Crippen LogP contribution in [0.15, 0.2) is 29.7 Å². The highest BCUT2D eigenvalue weighted by molar-refractivity contribution is 6.56. The zero-order chi connectivity index (χ0) is 22.7. The van der Waals surface area contributed by atoms with Gasteiger partial charge in [-0.3, -0.25) is 4.79 Å². The molecule has 0 spiro atoms. The number of ether oxygens (including phenoxy) is 1. The van der Waals surface area contributed by atoms with Crippen LogP contribution in [0.25, 0.3) is 6.08 Å². The minimum atomic E-state index is -0.609. The van der Waals surface area contributed by atoms with E-state index in [1.807, 2.05) is 73.6 Å². The lowest BCUT2D eigenvalue weighted by atomic mass is 9.77. The predicted octanol–water partition coefficient (Wildman–Crippen LogP) is 4.82. The maximum absolute atomic E-state index is 12.2. The number of carbonyl (C=O) groups excluding carboxylic acids is 2. The lowest BCUT2D eigenvalue weighted by molar-refractivity contribution is 0.00578. The second kappa shape index (κ2) is 8.94. The molecule has 2 rings (SSSR count). The molecule has 7 heteroatoms. The number of rotatable bonds is 6. The molecular formula is C23H34BNO5. The minimum absolute atomic E-state index is 0.100. The third-order valence-corrected chi connectivity index (χ3v) is 5.30. The molecule has 1 aliphatic heterocycles. The van der Waals surface area contributed by atoms with E-state index < -0.39 is 30.0 Å². The fourth-order valence-electron chi connectivity index (χ4n) is 2.87. The maximum atomic E-state index is 12.2. The van der Waals surface area contributed by atoms with Crippen molar-refractivity contribution in [1.29, 1.82) is 0 Å². The van der Waals surface area contributed by atoms with Crippen molar-refractivity contribution in [2.75, 3.05) is 6.54 Å². The van der Waals surface area contributed by atoms with Crippen molar-refractivity contribution >= 4 is 25.1 Å². The van der Waals surface area contributed by atoms with Gasteiger partial charge < -0.3 is 19.4 Å². The smallest absolute Gasteiger partial charge is 0.444 e. The Hall–Kier alpha value is -2.12. The summed E-state index contributed by atoms with van der Waals surface area (Å²) in [5, 5.41) is 2.79. The average Bonchev–Trinajstić information content (AvgIpc) is 2.84. The van der Waals surface area contributed by atoms with E-state index in [1.165, 1.54) is 0 Å². The van der Waals surface area contributed by atoms with Gasteiger partial charge in [0.05, 0.1) is 11.2 Å². The quantitative estimate of drug-likeness (QED) is 0.533. The second-order valence-corrected chi connectivity index (χ2v) is 9.56. The van der Waals surface area contributed by atoms with Crippen molar-refractivity contribution < 1.29 is 23.6 Å². The number of amides is 1. The molecule has 1 heterocycles. The van der Waals surface area contributed by atoms with Crippen LogP contribution in [0.3, 0.4) is 0 Å². The van der Waals surface area contributed by atoms with Gasteiger partial charge in [-0.25, -0.2) is 4.79 Å². The average molecular weight is 415 g/mol. The second-order valence-electron chi connectivity index (χ2n) is 9.56. The summed E-state index contributed by atoms with van der Waals surface area (Å²) in [6.45, 7) is 15.4. The van der Waals surface area contributed by atoms with E-state index in [1.54, 1.807) is 12.1 Å². The third kappa shape index (κ3) is 6.19. The number of Topliss-reactive ketones (excluding diaryl/α,β-unsaturated/α-hetero) is 1. The first kappa shape index (κ1) is 24.2. The Balaban J connectivity index is 2.26. The van der Waals surface area contributed by atoms with Gasteiger partial charge in [-0.15, -0.1) is 0 Å². The Morgan fingerprint density at radius 1 is 1.07 bits per heavy atom. The number of ketones is 1. The zero-order valence-corrected chi connectivity index (χ0v) is 19.4. The molecule has 1 fully saturated rings. The van der Waals surface area contributed by atoms with Crippen LogP contribution in [-0.4, -0.2) is 42.3 Å². The maximum Gasteiger partial charge on any atom is 0.492 e. The standard InChI is InChI=1S/C23H34BNO5/c1-9-19(26)17-12-10-16(11-13-17)14-18(15-25-20(27)28-21(2,3)4)24-29-22(5,6)23(7,8)30-24/h10-14H,9,15H2,1-8H3,(H,25,27). The van der Waals surface area contributed by atoms with Crippen LogP contribution in [0, 0.1) is 0 Å². The Kier molecular flexibility index (Phi) is 7.20. The van der Waals surface area contributed by atoms with E-state index >= 15 is 0 Å². The number of nitrogens with one attached hydrogen (secondary N) is 1. The van der Waals surface area contributed by atoms with Crippen LogP contribution < -0.4 is 5.32 Å². The molecule has 1 aromatic rings. The van der Waals surface area contributed by atoms with Gasteiger partial charge in [0.2, 0.25) is 0 Å². The van der Waals surface area contributed by atoms with Crippen LogP contribution in [-0.2, 0) is 14.0 Å². The number of alkyl carbamates (subject to hydrolysis) is 1. The number of carbonyl (C=O) groups is 2. The molecule has 1 aromatic carbocycles. The van der Waals surface area contributed by atoms with Crippen molar-refractivity contribution in [2.45, 2.75) is 78.6 Å². The molecule has 0 radical (unpaired) electrons. The first-order valence-electron chi connectivity index (χ1n) is 10.4.